The molecule has 0 radical (unpaired) electrons. The van der Waals surface area contributed by atoms with Gasteiger partial charge in [-0.15, -0.1) is 0 Å². The molecule has 0 aliphatic heterocycles. The summed E-state index contributed by atoms with van der Waals surface area (Å²) in [5, 5.41) is 17.6. The van der Waals surface area contributed by atoms with Gasteiger partial charge in [-0.05, 0) is 6.92 Å². The zero-order chi connectivity index (χ0) is 9.30. The maximum atomic E-state index is 10.8. The van der Waals surface area contributed by atoms with Gasteiger partial charge in [-0.1, -0.05) is 0 Å². The maximum absolute atomic E-state index is 10.8. The van der Waals surface area contributed by atoms with E-state index in [9.17, 15) is 9.59 Å². The fourth-order valence-electron chi connectivity index (χ4n) is 0.787. The van der Waals surface area contributed by atoms with Crippen LogP contribution in [0.4, 0.5) is 0 Å². The molecule has 0 unspecified atom stereocenters. The van der Waals surface area contributed by atoms with Gasteiger partial charge in [0.25, 0.3) is 5.56 Å². The normalized spacial score (nSPS) is 9.75. The minimum absolute atomic E-state index is 0.00917. The number of rotatable bonds is 1. The van der Waals surface area contributed by atoms with Gasteiger partial charge in [0.1, 0.15) is 11.3 Å². The third-order valence-electron chi connectivity index (χ3n) is 1.53. The molecular weight excluding hydrogens is 162 g/mol. The molecule has 0 saturated carbocycles. The van der Waals surface area contributed by atoms with Crippen LogP contribution in [0.3, 0.4) is 0 Å². The Morgan fingerprint density at radius 2 is 2.17 bits per heavy atom. The van der Waals surface area contributed by atoms with Crippen LogP contribution in [0.5, 0.6) is 5.75 Å². The van der Waals surface area contributed by atoms with Crippen molar-refractivity contribution in [2.24, 2.45) is 0 Å². The molecule has 5 heteroatoms. The number of hydrogen-bond donors (Lipinski definition) is 3. The zero-order valence-electron chi connectivity index (χ0n) is 6.29. The van der Waals surface area contributed by atoms with Crippen LogP contribution in [0.1, 0.15) is 15.9 Å². The number of hydrogen-bond acceptors (Lipinski definition) is 3. The van der Waals surface area contributed by atoms with Crippen LogP contribution >= 0.6 is 0 Å². The van der Waals surface area contributed by atoms with Gasteiger partial charge in [0.05, 0.1) is 5.56 Å². The molecule has 5 nitrogen and oxygen atoms in total. The summed E-state index contributed by atoms with van der Waals surface area (Å²) in [5.74, 6) is -1.75. The summed E-state index contributed by atoms with van der Waals surface area (Å²) >= 11 is 0. The van der Waals surface area contributed by atoms with Crippen molar-refractivity contribution in [3.8, 4) is 5.75 Å². The van der Waals surface area contributed by atoms with Gasteiger partial charge in [0, 0.05) is 6.20 Å². The molecule has 12 heavy (non-hydrogen) atoms. The first-order chi connectivity index (χ1) is 5.54. The van der Waals surface area contributed by atoms with E-state index in [1.807, 2.05) is 0 Å². The van der Waals surface area contributed by atoms with Gasteiger partial charge in [-0.2, -0.15) is 0 Å². The van der Waals surface area contributed by atoms with Crippen LogP contribution < -0.4 is 5.56 Å². The number of aromatic nitrogens is 1. The first kappa shape index (κ1) is 8.32. The summed E-state index contributed by atoms with van der Waals surface area (Å²) in [5.41, 5.74) is -0.778. The Morgan fingerprint density at radius 3 is 2.67 bits per heavy atom. The topological polar surface area (TPSA) is 90.4 Å². The molecule has 0 atom stereocenters. The molecule has 1 heterocycles. The molecule has 0 amide bonds. The van der Waals surface area contributed by atoms with Crippen molar-refractivity contribution in [1.29, 1.82) is 0 Å². The molecule has 0 saturated heterocycles. The molecule has 0 aromatic carbocycles. The predicted octanol–water partition coefficient (Wildman–Crippen LogP) is 0.0871. The van der Waals surface area contributed by atoms with Crippen LogP contribution in [-0.2, 0) is 0 Å². The quantitative estimate of drug-likeness (QED) is 0.555. The first-order valence-corrected chi connectivity index (χ1v) is 3.18. The van der Waals surface area contributed by atoms with E-state index < -0.39 is 17.3 Å². The highest BCUT2D eigenvalue weighted by Gasteiger charge is 2.12. The first-order valence-electron chi connectivity index (χ1n) is 3.18. The Kier molecular flexibility index (Phi) is 1.86. The highest BCUT2D eigenvalue weighted by Crippen LogP contribution is 2.16. The summed E-state index contributed by atoms with van der Waals surface area (Å²) in [6, 6.07) is 0. The number of pyridine rings is 1. The van der Waals surface area contributed by atoms with Crippen LogP contribution in [0.25, 0.3) is 0 Å². The van der Waals surface area contributed by atoms with E-state index in [1.165, 1.54) is 6.92 Å². The monoisotopic (exact) mass is 169 g/mol. The van der Waals surface area contributed by atoms with E-state index in [0.717, 1.165) is 6.20 Å². The molecule has 0 bridgehead atoms. The lowest BCUT2D eigenvalue weighted by molar-refractivity contribution is 0.0693. The lowest BCUT2D eigenvalue weighted by Crippen LogP contribution is -2.12. The molecule has 0 aliphatic carbocycles. The fraction of sp³-hybridized carbons (Fsp3) is 0.143. The van der Waals surface area contributed by atoms with Gasteiger partial charge in [-0.3, -0.25) is 4.79 Å². The van der Waals surface area contributed by atoms with Crippen molar-refractivity contribution in [2.75, 3.05) is 0 Å². The van der Waals surface area contributed by atoms with Gasteiger partial charge in [0.2, 0.25) is 0 Å². The Morgan fingerprint density at radius 1 is 1.58 bits per heavy atom. The van der Waals surface area contributed by atoms with Gasteiger partial charge >= 0.3 is 5.97 Å². The molecular formula is C7H7NO4. The fourth-order valence-corrected chi connectivity index (χ4v) is 0.787. The number of carboxylic acids is 1. The van der Waals surface area contributed by atoms with E-state index in [-0.39, 0.29) is 11.1 Å². The number of aromatic hydroxyl groups is 1. The number of aromatic carboxylic acids is 1. The highest BCUT2D eigenvalue weighted by molar-refractivity contribution is 5.90. The van der Waals surface area contributed by atoms with Crippen molar-refractivity contribution >= 4 is 5.97 Å². The zero-order valence-corrected chi connectivity index (χ0v) is 6.29. The second-order valence-corrected chi connectivity index (χ2v) is 2.31. The molecule has 0 spiro atoms. The molecule has 1 rings (SSSR count). The molecule has 1 aromatic heterocycles. The Bertz CT molecular complexity index is 379. The van der Waals surface area contributed by atoms with E-state index >= 15 is 0 Å². The molecule has 0 fully saturated rings. The van der Waals surface area contributed by atoms with Crippen molar-refractivity contribution < 1.29 is 15.0 Å². The average molecular weight is 169 g/mol. The number of carbonyl (C=O) groups is 1. The summed E-state index contributed by atoms with van der Waals surface area (Å²) in [7, 11) is 0. The largest absolute Gasteiger partial charge is 0.507 e. The summed E-state index contributed by atoms with van der Waals surface area (Å²) in [6.45, 7) is 1.35. The van der Waals surface area contributed by atoms with E-state index in [1.54, 1.807) is 0 Å². The van der Waals surface area contributed by atoms with Gasteiger partial charge in [0.15, 0.2) is 0 Å². The third-order valence-corrected chi connectivity index (χ3v) is 1.53. The van der Waals surface area contributed by atoms with Crippen molar-refractivity contribution in [3.63, 3.8) is 0 Å². The Hall–Kier alpha value is -1.78. The van der Waals surface area contributed by atoms with Crippen molar-refractivity contribution in [2.45, 2.75) is 6.92 Å². The van der Waals surface area contributed by atoms with E-state index in [0.29, 0.717) is 0 Å². The average Bonchev–Trinajstić information content (AvgIpc) is 2.00. The minimum atomic E-state index is -1.27. The summed E-state index contributed by atoms with van der Waals surface area (Å²) in [6.07, 6.45) is 0.965. The maximum Gasteiger partial charge on any atom is 0.340 e. The number of carboxylic acid groups (broad SMARTS) is 1. The van der Waals surface area contributed by atoms with E-state index in [2.05, 4.69) is 4.98 Å². The second-order valence-electron chi connectivity index (χ2n) is 2.31. The van der Waals surface area contributed by atoms with Crippen LogP contribution in [-0.4, -0.2) is 21.2 Å². The molecule has 64 valence electrons. The summed E-state index contributed by atoms with van der Waals surface area (Å²) in [4.78, 5) is 23.4. The van der Waals surface area contributed by atoms with Crippen LogP contribution in [0.15, 0.2) is 11.0 Å². The lowest BCUT2D eigenvalue weighted by atomic mass is 10.2. The van der Waals surface area contributed by atoms with Crippen molar-refractivity contribution in [3.05, 3.63) is 27.7 Å². The molecule has 1 aromatic rings. The minimum Gasteiger partial charge on any atom is -0.507 e. The molecule has 0 aliphatic rings. The smallest absolute Gasteiger partial charge is 0.340 e. The number of H-pyrrole nitrogens is 1. The lowest BCUT2D eigenvalue weighted by Gasteiger charge is -2.00. The standard InChI is InChI=1S/C7H7NO4/c1-3-5(9)4(7(11)12)2-8-6(3)10/h2H,1H3,(H,11,12)(H2,8,9,10). The Labute approximate surface area is 67.3 Å². The summed E-state index contributed by atoms with van der Waals surface area (Å²) < 4.78 is 0. The third kappa shape index (κ3) is 1.16. The predicted molar refractivity (Wildman–Crippen MR) is 40.4 cm³/mol. The van der Waals surface area contributed by atoms with Crippen LogP contribution in [0.2, 0.25) is 0 Å². The Balaban J connectivity index is 3.47. The number of nitrogens with one attached hydrogen (secondary N) is 1. The second kappa shape index (κ2) is 2.69. The van der Waals surface area contributed by atoms with Gasteiger partial charge < -0.3 is 15.2 Å². The van der Waals surface area contributed by atoms with Crippen LogP contribution in [0, 0.1) is 6.92 Å². The molecule has 3 N–H and O–H groups in total. The van der Waals surface area contributed by atoms with E-state index in [4.69, 9.17) is 10.2 Å². The number of aromatic amines is 1. The SMILES string of the molecule is Cc1c(O)c(C(=O)O)c[nH]c1=O. The van der Waals surface area contributed by atoms with Crippen molar-refractivity contribution in [1.82, 2.24) is 4.98 Å². The highest BCUT2D eigenvalue weighted by atomic mass is 16.4. The van der Waals surface area contributed by atoms with Gasteiger partial charge in [-0.25, -0.2) is 4.79 Å².